The quantitative estimate of drug-likeness (QED) is 0.749. The number of thiocarbonyl (C=S) groups is 1. The number of hydrogen-bond acceptors (Lipinski definition) is 2. The van der Waals surface area contributed by atoms with Gasteiger partial charge in [-0.25, -0.2) is 4.99 Å². The number of benzene rings is 2. The minimum atomic E-state index is -0.550. The SMILES string of the molecule is CC1=NC(=S)NC(c2ccc(Cl)cc2Cl)C1C(=O)Nc1ccccc1. The smallest absolute Gasteiger partial charge is 0.235 e. The zero-order chi connectivity index (χ0) is 18.0. The lowest BCUT2D eigenvalue weighted by molar-refractivity contribution is -0.118. The van der Waals surface area contributed by atoms with E-state index in [0.717, 1.165) is 11.3 Å². The number of rotatable bonds is 3. The summed E-state index contributed by atoms with van der Waals surface area (Å²) in [5.74, 6) is -0.732. The molecule has 2 aromatic carbocycles. The normalized spacial score (nSPS) is 19.8. The maximum Gasteiger partial charge on any atom is 0.235 e. The molecule has 1 aliphatic rings. The van der Waals surface area contributed by atoms with Crippen LogP contribution < -0.4 is 10.6 Å². The molecule has 0 spiro atoms. The standard InChI is InChI=1S/C18H15Cl2N3OS/c1-10-15(17(24)22-12-5-3-2-4-6-12)16(23-18(25)21-10)13-8-7-11(19)9-14(13)20/h2-9,15-16H,1H3,(H,22,24)(H,23,25). The largest absolute Gasteiger partial charge is 0.353 e. The molecule has 2 aromatic rings. The zero-order valence-corrected chi connectivity index (χ0v) is 15.6. The predicted molar refractivity (Wildman–Crippen MR) is 107 cm³/mol. The van der Waals surface area contributed by atoms with Crippen molar-refractivity contribution in [2.24, 2.45) is 10.9 Å². The van der Waals surface area contributed by atoms with Gasteiger partial charge in [0.25, 0.3) is 0 Å². The van der Waals surface area contributed by atoms with Gasteiger partial charge >= 0.3 is 0 Å². The Labute approximate surface area is 161 Å². The lowest BCUT2D eigenvalue weighted by Gasteiger charge is -2.32. The van der Waals surface area contributed by atoms with Crippen molar-refractivity contribution in [3.8, 4) is 0 Å². The Kier molecular flexibility index (Phi) is 5.37. The monoisotopic (exact) mass is 391 g/mol. The molecule has 1 heterocycles. The number of para-hydroxylation sites is 1. The zero-order valence-electron chi connectivity index (χ0n) is 13.3. The number of nitrogens with one attached hydrogen (secondary N) is 2. The van der Waals surface area contributed by atoms with Gasteiger partial charge in [0.2, 0.25) is 5.91 Å². The highest BCUT2D eigenvalue weighted by atomic mass is 35.5. The van der Waals surface area contributed by atoms with E-state index in [-0.39, 0.29) is 5.91 Å². The molecule has 0 aromatic heterocycles. The van der Waals surface area contributed by atoms with Crippen LogP contribution in [0.25, 0.3) is 0 Å². The van der Waals surface area contributed by atoms with Crippen molar-refractivity contribution in [1.82, 2.24) is 5.32 Å². The molecular weight excluding hydrogens is 377 g/mol. The van der Waals surface area contributed by atoms with E-state index >= 15 is 0 Å². The molecule has 3 rings (SSSR count). The molecule has 25 heavy (non-hydrogen) atoms. The molecular formula is C18H15Cl2N3OS. The fourth-order valence-corrected chi connectivity index (χ4v) is 3.61. The van der Waals surface area contributed by atoms with Crippen LogP contribution in [0.15, 0.2) is 53.5 Å². The van der Waals surface area contributed by atoms with Gasteiger partial charge < -0.3 is 10.6 Å². The van der Waals surface area contributed by atoms with Crippen molar-refractivity contribution >= 4 is 57.8 Å². The Morgan fingerprint density at radius 1 is 1.20 bits per heavy atom. The average molecular weight is 392 g/mol. The van der Waals surface area contributed by atoms with Crippen LogP contribution >= 0.6 is 35.4 Å². The lowest BCUT2D eigenvalue weighted by Crippen LogP contribution is -2.45. The second-order valence-electron chi connectivity index (χ2n) is 5.68. The predicted octanol–water partition coefficient (Wildman–Crippen LogP) is 4.64. The molecule has 0 aliphatic carbocycles. The van der Waals surface area contributed by atoms with E-state index in [1.165, 1.54) is 0 Å². The molecule has 4 nitrogen and oxygen atoms in total. The van der Waals surface area contributed by atoms with E-state index < -0.39 is 12.0 Å². The number of halogens is 2. The van der Waals surface area contributed by atoms with Gasteiger partial charge in [0.15, 0.2) is 5.11 Å². The number of aliphatic imine (C=N–C) groups is 1. The maximum atomic E-state index is 12.9. The van der Waals surface area contributed by atoms with Gasteiger partial charge in [-0.05, 0) is 49.0 Å². The Hall–Kier alpha value is -1.95. The number of anilines is 1. The van der Waals surface area contributed by atoms with E-state index in [1.54, 1.807) is 25.1 Å². The van der Waals surface area contributed by atoms with Crippen LogP contribution in [-0.2, 0) is 4.79 Å². The molecule has 0 saturated carbocycles. The molecule has 0 bridgehead atoms. The fraction of sp³-hybridized carbons (Fsp3) is 0.167. The van der Waals surface area contributed by atoms with Crippen molar-refractivity contribution in [2.75, 3.05) is 5.32 Å². The van der Waals surface area contributed by atoms with Gasteiger partial charge in [-0.3, -0.25) is 4.79 Å². The van der Waals surface area contributed by atoms with Gasteiger partial charge in [-0.15, -0.1) is 0 Å². The van der Waals surface area contributed by atoms with Crippen molar-refractivity contribution in [2.45, 2.75) is 13.0 Å². The van der Waals surface area contributed by atoms with Gasteiger partial charge in [0.1, 0.15) is 5.92 Å². The highest BCUT2D eigenvalue weighted by Gasteiger charge is 2.36. The lowest BCUT2D eigenvalue weighted by atomic mass is 9.87. The summed E-state index contributed by atoms with van der Waals surface area (Å²) in [4.78, 5) is 17.2. The first-order valence-electron chi connectivity index (χ1n) is 7.62. The van der Waals surface area contributed by atoms with Gasteiger partial charge in [-0.2, -0.15) is 0 Å². The highest BCUT2D eigenvalue weighted by Crippen LogP contribution is 2.34. The Bertz CT molecular complexity index is 855. The maximum absolute atomic E-state index is 12.9. The molecule has 128 valence electrons. The summed E-state index contributed by atoms with van der Waals surface area (Å²) in [5, 5.41) is 7.34. The minimum absolute atomic E-state index is 0.182. The van der Waals surface area contributed by atoms with Crippen molar-refractivity contribution in [1.29, 1.82) is 0 Å². The van der Waals surface area contributed by atoms with E-state index in [0.29, 0.717) is 20.9 Å². The third-order valence-electron chi connectivity index (χ3n) is 3.96. The van der Waals surface area contributed by atoms with E-state index in [1.807, 2.05) is 30.3 Å². The number of carbonyl (C=O) groups excluding carboxylic acids is 1. The number of amides is 1. The molecule has 2 atom stereocenters. The molecule has 1 amide bonds. The summed E-state index contributed by atoms with van der Waals surface area (Å²) < 4.78 is 0. The van der Waals surface area contributed by atoms with Crippen LogP contribution in [0.2, 0.25) is 10.0 Å². The van der Waals surface area contributed by atoms with Crippen LogP contribution in [-0.4, -0.2) is 16.7 Å². The summed E-state index contributed by atoms with van der Waals surface area (Å²) in [6.45, 7) is 1.79. The molecule has 2 N–H and O–H groups in total. The van der Waals surface area contributed by atoms with Crippen molar-refractivity contribution < 1.29 is 4.79 Å². The van der Waals surface area contributed by atoms with Crippen LogP contribution in [0.4, 0.5) is 5.69 Å². The first-order chi connectivity index (χ1) is 12.0. The first-order valence-corrected chi connectivity index (χ1v) is 8.78. The second kappa shape index (κ2) is 7.52. The van der Waals surface area contributed by atoms with Gasteiger partial charge in [0.05, 0.1) is 6.04 Å². The number of hydrogen-bond donors (Lipinski definition) is 2. The molecule has 0 saturated heterocycles. The summed E-state index contributed by atoms with van der Waals surface area (Å²) in [7, 11) is 0. The molecule has 7 heteroatoms. The molecule has 0 fully saturated rings. The summed E-state index contributed by atoms with van der Waals surface area (Å²) in [6, 6.07) is 14.0. The summed E-state index contributed by atoms with van der Waals surface area (Å²) >= 11 is 17.5. The van der Waals surface area contributed by atoms with Gasteiger partial charge in [-0.1, -0.05) is 47.5 Å². The number of carbonyl (C=O) groups is 1. The second-order valence-corrected chi connectivity index (χ2v) is 6.91. The third kappa shape index (κ3) is 4.00. The molecule has 0 radical (unpaired) electrons. The first kappa shape index (κ1) is 17.9. The Balaban J connectivity index is 1.96. The van der Waals surface area contributed by atoms with E-state index in [2.05, 4.69) is 15.6 Å². The van der Waals surface area contributed by atoms with Crippen LogP contribution in [0.3, 0.4) is 0 Å². The van der Waals surface area contributed by atoms with Crippen LogP contribution in [0.1, 0.15) is 18.5 Å². The Morgan fingerprint density at radius 2 is 1.92 bits per heavy atom. The van der Waals surface area contributed by atoms with Crippen LogP contribution in [0, 0.1) is 5.92 Å². The Morgan fingerprint density at radius 3 is 2.60 bits per heavy atom. The third-order valence-corrected chi connectivity index (χ3v) is 4.73. The summed E-state index contributed by atoms with van der Waals surface area (Å²) in [6.07, 6.45) is 0. The van der Waals surface area contributed by atoms with E-state index in [4.69, 9.17) is 35.4 Å². The summed E-state index contributed by atoms with van der Waals surface area (Å²) in [5.41, 5.74) is 2.10. The van der Waals surface area contributed by atoms with E-state index in [9.17, 15) is 4.79 Å². The van der Waals surface area contributed by atoms with Gasteiger partial charge in [0, 0.05) is 21.4 Å². The van der Waals surface area contributed by atoms with Crippen molar-refractivity contribution in [3.05, 3.63) is 64.1 Å². The van der Waals surface area contributed by atoms with Crippen LogP contribution in [0.5, 0.6) is 0 Å². The topological polar surface area (TPSA) is 53.5 Å². The molecule has 1 aliphatic heterocycles. The average Bonchev–Trinajstić information content (AvgIpc) is 2.54. The molecule has 2 unspecified atom stereocenters. The minimum Gasteiger partial charge on any atom is -0.353 e. The van der Waals surface area contributed by atoms with Crippen molar-refractivity contribution in [3.63, 3.8) is 0 Å². The fourth-order valence-electron chi connectivity index (χ4n) is 2.81. The number of nitrogens with zero attached hydrogens (tertiary/aromatic N) is 1. The highest BCUT2D eigenvalue weighted by molar-refractivity contribution is 7.80.